The van der Waals surface area contributed by atoms with Crippen molar-refractivity contribution < 1.29 is 9.47 Å². The number of methoxy groups -OCH3 is 2. The van der Waals surface area contributed by atoms with E-state index in [9.17, 15) is 0 Å². The highest BCUT2D eigenvalue weighted by molar-refractivity contribution is 7.07. The van der Waals surface area contributed by atoms with Crippen molar-refractivity contribution >= 4 is 17.0 Å². The van der Waals surface area contributed by atoms with Crippen molar-refractivity contribution in [3.05, 3.63) is 76.4 Å². The number of thiazole rings is 1. The number of hydrogen-bond donors (Lipinski definition) is 0. The predicted octanol–water partition coefficient (Wildman–Crippen LogP) is 4.52. The molecule has 6 heteroatoms. The smallest absolute Gasteiger partial charge is 0.206 e. The molecule has 0 bridgehead atoms. The van der Waals surface area contributed by atoms with Gasteiger partial charge in [0.25, 0.3) is 0 Å². The highest BCUT2D eigenvalue weighted by atomic mass is 32.1. The van der Waals surface area contributed by atoms with Crippen LogP contribution in [0.4, 0.5) is 0 Å². The molecule has 0 radical (unpaired) electrons. The maximum absolute atomic E-state index is 5.63. The third-order valence-corrected chi connectivity index (χ3v) is 5.76. The first-order valence-corrected chi connectivity index (χ1v) is 10.3. The Morgan fingerprint density at radius 2 is 1.97 bits per heavy atom. The van der Waals surface area contributed by atoms with Gasteiger partial charge in [0.05, 0.1) is 32.2 Å². The zero-order valence-corrected chi connectivity index (χ0v) is 17.4. The summed E-state index contributed by atoms with van der Waals surface area (Å²) < 4.78 is 12.9. The summed E-state index contributed by atoms with van der Waals surface area (Å²) in [6.07, 6.45) is 3.72. The summed E-state index contributed by atoms with van der Waals surface area (Å²) in [5.41, 5.74) is 5.52. The maximum atomic E-state index is 5.63. The Kier molecular flexibility index (Phi) is 5.62. The fourth-order valence-electron chi connectivity index (χ4n) is 3.47. The van der Waals surface area contributed by atoms with Crippen LogP contribution in [0.2, 0.25) is 0 Å². The minimum Gasteiger partial charge on any atom is -0.497 e. The third kappa shape index (κ3) is 3.76. The lowest BCUT2D eigenvalue weighted by Crippen LogP contribution is -2.15. The molecule has 1 heterocycles. The number of ether oxygens (including phenoxy) is 2. The standard InChI is InChI=1S/C23H23N3O2S/c1-4-13-24-23-26(25-20-12-9-16-7-5-6-8-18(16)20)21(15-29-23)19-11-10-17(27-2)14-22(19)28-3/h4-8,10-11,14-15H,1,9,12-13H2,2-3H3. The van der Waals surface area contributed by atoms with Gasteiger partial charge < -0.3 is 9.47 Å². The molecule has 0 amide bonds. The molecule has 0 aliphatic heterocycles. The van der Waals surface area contributed by atoms with Gasteiger partial charge in [0.15, 0.2) is 0 Å². The van der Waals surface area contributed by atoms with Crippen LogP contribution < -0.4 is 14.3 Å². The van der Waals surface area contributed by atoms with Gasteiger partial charge in [-0.1, -0.05) is 30.3 Å². The molecule has 5 nitrogen and oxygen atoms in total. The number of rotatable bonds is 6. The van der Waals surface area contributed by atoms with E-state index in [1.165, 1.54) is 11.1 Å². The lowest BCUT2D eigenvalue weighted by atomic mass is 10.1. The third-order valence-electron chi connectivity index (χ3n) is 4.91. The van der Waals surface area contributed by atoms with Crippen LogP contribution in [0.3, 0.4) is 0 Å². The van der Waals surface area contributed by atoms with Crippen LogP contribution in [0.15, 0.2) is 70.6 Å². The van der Waals surface area contributed by atoms with E-state index in [1.807, 2.05) is 22.9 Å². The van der Waals surface area contributed by atoms with E-state index < -0.39 is 0 Å². The van der Waals surface area contributed by atoms with Crippen molar-refractivity contribution in [2.75, 3.05) is 20.8 Å². The number of fused-ring (bicyclic) bond motifs is 1. The van der Waals surface area contributed by atoms with E-state index in [-0.39, 0.29) is 0 Å². The number of aromatic nitrogens is 1. The molecule has 0 unspecified atom stereocenters. The fourth-order valence-corrected chi connectivity index (χ4v) is 4.31. The second-order valence-corrected chi connectivity index (χ2v) is 7.45. The van der Waals surface area contributed by atoms with Gasteiger partial charge in [-0.15, -0.1) is 17.9 Å². The molecule has 2 aromatic carbocycles. The Labute approximate surface area is 174 Å². The second kappa shape index (κ2) is 8.49. The van der Waals surface area contributed by atoms with Gasteiger partial charge in [-0.3, -0.25) is 4.99 Å². The fraction of sp³-hybridized carbons (Fsp3) is 0.217. The van der Waals surface area contributed by atoms with E-state index in [0.29, 0.717) is 6.54 Å². The lowest BCUT2D eigenvalue weighted by molar-refractivity contribution is 0.395. The molecule has 0 N–H and O–H groups in total. The van der Waals surface area contributed by atoms with Gasteiger partial charge in [0.1, 0.15) is 11.5 Å². The van der Waals surface area contributed by atoms with Gasteiger partial charge in [0.2, 0.25) is 4.80 Å². The monoisotopic (exact) mass is 405 g/mol. The molecule has 0 saturated carbocycles. The van der Waals surface area contributed by atoms with Gasteiger partial charge in [0, 0.05) is 22.6 Å². The average Bonchev–Trinajstić information content (AvgIpc) is 3.36. The highest BCUT2D eigenvalue weighted by Crippen LogP contribution is 2.34. The number of nitrogens with zero attached hydrogens (tertiary/aromatic N) is 3. The number of aryl methyl sites for hydroxylation is 1. The largest absolute Gasteiger partial charge is 0.497 e. The Morgan fingerprint density at radius 3 is 2.76 bits per heavy atom. The number of hydrogen-bond acceptors (Lipinski definition) is 5. The van der Waals surface area contributed by atoms with Crippen LogP contribution in [-0.2, 0) is 6.42 Å². The summed E-state index contributed by atoms with van der Waals surface area (Å²) in [6.45, 7) is 4.32. The van der Waals surface area contributed by atoms with Crippen molar-refractivity contribution in [2.24, 2.45) is 10.1 Å². The van der Waals surface area contributed by atoms with Crippen LogP contribution >= 0.6 is 11.3 Å². The molecule has 0 atom stereocenters. The summed E-state index contributed by atoms with van der Waals surface area (Å²) in [7, 11) is 3.31. The zero-order valence-electron chi connectivity index (χ0n) is 16.6. The molecule has 148 valence electrons. The summed E-state index contributed by atoms with van der Waals surface area (Å²) in [5.74, 6) is 1.48. The minimum absolute atomic E-state index is 0.543. The SMILES string of the molecule is C=CCN=c1scc(-c2ccc(OC)cc2OC)n1N=C1CCc2ccccc21. The molecule has 0 fully saturated rings. The molecular formula is C23H23N3O2S. The molecule has 0 spiro atoms. The van der Waals surface area contributed by atoms with Gasteiger partial charge in [-0.05, 0) is 30.5 Å². The molecule has 4 rings (SSSR count). The molecule has 1 aliphatic carbocycles. The summed E-state index contributed by atoms with van der Waals surface area (Å²) in [5, 5.41) is 7.10. The first-order valence-electron chi connectivity index (χ1n) is 9.45. The Morgan fingerprint density at radius 1 is 1.10 bits per heavy atom. The van der Waals surface area contributed by atoms with Gasteiger partial charge in [-0.2, -0.15) is 5.10 Å². The Hall–Kier alpha value is -3.12. The van der Waals surface area contributed by atoms with Crippen LogP contribution in [-0.4, -0.2) is 31.2 Å². The lowest BCUT2D eigenvalue weighted by Gasteiger charge is -2.11. The topological polar surface area (TPSA) is 48.1 Å². The normalized spacial score (nSPS) is 14.8. The second-order valence-electron chi connectivity index (χ2n) is 6.61. The molecule has 1 aliphatic rings. The summed E-state index contributed by atoms with van der Waals surface area (Å²) in [4.78, 5) is 5.48. The number of benzene rings is 2. The van der Waals surface area contributed by atoms with E-state index >= 15 is 0 Å². The van der Waals surface area contributed by atoms with Crippen LogP contribution in [0.5, 0.6) is 11.5 Å². The first-order chi connectivity index (χ1) is 14.2. The molecule has 0 saturated heterocycles. The van der Waals surface area contributed by atoms with Gasteiger partial charge >= 0.3 is 0 Å². The van der Waals surface area contributed by atoms with Crippen LogP contribution in [0.1, 0.15) is 17.5 Å². The van der Waals surface area contributed by atoms with Gasteiger partial charge in [-0.25, -0.2) is 4.68 Å². The van der Waals surface area contributed by atoms with Crippen molar-refractivity contribution in [1.29, 1.82) is 0 Å². The molecule has 29 heavy (non-hydrogen) atoms. The maximum Gasteiger partial charge on any atom is 0.206 e. The van der Waals surface area contributed by atoms with Crippen LogP contribution in [0, 0.1) is 0 Å². The Balaban J connectivity index is 1.89. The quantitative estimate of drug-likeness (QED) is 0.566. The average molecular weight is 406 g/mol. The van der Waals surface area contributed by atoms with Crippen molar-refractivity contribution in [2.45, 2.75) is 12.8 Å². The van der Waals surface area contributed by atoms with Crippen molar-refractivity contribution in [3.63, 3.8) is 0 Å². The summed E-state index contributed by atoms with van der Waals surface area (Å²) in [6, 6.07) is 14.3. The van der Waals surface area contributed by atoms with Crippen molar-refractivity contribution in [3.8, 4) is 22.8 Å². The molecule has 1 aromatic heterocycles. The summed E-state index contributed by atoms with van der Waals surface area (Å²) >= 11 is 1.56. The van der Waals surface area contributed by atoms with E-state index in [1.54, 1.807) is 31.6 Å². The van der Waals surface area contributed by atoms with E-state index in [0.717, 1.165) is 46.1 Å². The van der Waals surface area contributed by atoms with E-state index in [2.05, 4.69) is 41.2 Å². The predicted molar refractivity (Wildman–Crippen MR) is 118 cm³/mol. The first kappa shape index (κ1) is 19.2. The highest BCUT2D eigenvalue weighted by Gasteiger charge is 2.19. The molecular weight excluding hydrogens is 382 g/mol. The zero-order chi connectivity index (χ0) is 20.2. The molecule has 3 aromatic rings. The van der Waals surface area contributed by atoms with E-state index in [4.69, 9.17) is 14.6 Å². The Bertz CT molecular complexity index is 1140. The van der Waals surface area contributed by atoms with Crippen LogP contribution in [0.25, 0.3) is 11.3 Å². The van der Waals surface area contributed by atoms with Crippen molar-refractivity contribution in [1.82, 2.24) is 4.68 Å². The minimum atomic E-state index is 0.543.